The number of fused-ring (bicyclic) bond motifs is 5. The molecule has 0 spiro atoms. The molecule has 0 aromatic heterocycles. The topological polar surface area (TPSA) is 93.1 Å². The van der Waals surface area contributed by atoms with E-state index >= 15 is 0 Å². The van der Waals surface area contributed by atoms with Gasteiger partial charge in [0.25, 0.3) is 0 Å². The van der Waals surface area contributed by atoms with E-state index in [0.29, 0.717) is 31.2 Å². The largest absolute Gasteiger partial charge is 0.463 e. The van der Waals surface area contributed by atoms with Gasteiger partial charge in [0.15, 0.2) is 0 Å². The molecular weight excluding hydrogens is 446 g/mol. The quantitative estimate of drug-likeness (QED) is 0.608. The lowest BCUT2D eigenvalue weighted by Crippen LogP contribution is -2.62. The second-order valence-corrected chi connectivity index (χ2v) is 13.0. The van der Waals surface area contributed by atoms with Crippen LogP contribution >= 0.6 is 0 Å². The van der Waals surface area contributed by atoms with E-state index < -0.39 is 5.60 Å². The molecule has 0 radical (unpaired) electrons. The molecule has 7 nitrogen and oxygen atoms in total. The zero-order valence-corrected chi connectivity index (χ0v) is 22.0. The highest BCUT2D eigenvalue weighted by atomic mass is 16.5. The summed E-state index contributed by atoms with van der Waals surface area (Å²) in [5, 5.41) is 12.6. The predicted octanol–water partition coefficient (Wildman–Crippen LogP) is 3.71. The minimum absolute atomic E-state index is 0.0140. The minimum Gasteiger partial charge on any atom is -0.463 e. The predicted molar refractivity (Wildman–Crippen MR) is 129 cm³/mol. The van der Waals surface area contributed by atoms with E-state index in [0.717, 1.165) is 44.9 Å². The van der Waals surface area contributed by atoms with Gasteiger partial charge < -0.3 is 19.5 Å². The highest BCUT2D eigenvalue weighted by Crippen LogP contribution is 2.70. The van der Waals surface area contributed by atoms with Crippen LogP contribution in [0.15, 0.2) is 0 Å². The molecule has 5 rings (SSSR count). The van der Waals surface area contributed by atoms with E-state index in [1.165, 1.54) is 13.8 Å². The van der Waals surface area contributed by atoms with Crippen molar-refractivity contribution < 1.29 is 29.0 Å². The van der Waals surface area contributed by atoms with E-state index in [2.05, 4.69) is 13.8 Å². The number of ether oxygens (including phenoxy) is 2. The van der Waals surface area contributed by atoms with Crippen LogP contribution in [0.3, 0.4) is 0 Å². The van der Waals surface area contributed by atoms with Crippen molar-refractivity contribution in [2.45, 2.75) is 103 Å². The van der Waals surface area contributed by atoms with Crippen molar-refractivity contribution in [1.29, 1.82) is 0 Å². The van der Waals surface area contributed by atoms with E-state index in [-0.39, 0.29) is 58.6 Å². The van der Waals surface area contributed by atoms with Crippen molar-refractivity contribution in [2.24, 2.45) is 40.4 Å². The van der Waals surface area contributed by atoms with Crippen LogP contribution < -0.4 is 0 Å². The Labute approximate surface area is 209 Å². The van der Waals surface area contributed by atoms with Gasteiger partial charge in [0, 0.05) is 51.6 Å². The molecule has 4 saturated carbocycles. The Bertz CT molecular complexity index is 906. The second kappa shape index (κ2) is 8.46. The summed E-state index contributed by atoms with van der Waals surface area (Å²) < 4.78 is 11.5. The van der Waals surface area contributed by atoms with Gasteiger partial charge in [-0.25, -0.2) is 0 Å². The highest BCUT2D eigenvalue weighted by Gasteiger charge is 2.71. The first-order chi connectivity index (χ1) is 16.4. The average Bonchev–Trinajstić information content (AvgIpc) is 3.19. The van der Waals surface area contributed by atoms with Gasteiger partial charge in [-0.2, -0.15) is 0 Å². The summed E-state index contributed by atoms with van der Waals surface area (Å²) in [6.07, 6.45) is 7.35. The summed E-state index contributed by atoms with van der Waals surface area (Å²) in [7, 11) is 1.85. The number of nitrogens with zero attached hydrogens (tertiary/aromatic N) is 1. The molecule has 196 valence electrons. The van der Waals surface area contributed by atoms with Crippen LogP contribution in [0.5, 0.6) is 0 Å². The molecule has 1 saturated heterocycles. The number of hydrogen-bond acceptors (Lipinski definition) is 6. The van der Waals surface area contributed by atoms with Gasteiger partial charge in [-0.3, -0.25) is 14.4 Å². The summed E-state index contributed by atoms with van der Waals surface area (Å²) in [6, 6.07) is 0. The number of carbonyl (C=O) groups is 3. The number of amides is 1. The third kappa shape index (κ3) is 3.74. The molecule has 0 bridgehead atoms. The van der Waals surface area contributed by atoms with Crippen molar-refractivity contribution >= 4 is 17.8 Å². The molecule has 5 fully saturated rings. The third-order valence-electron chi connectivity index (χ3n) is 11.4. The van der Waals surface area contributed by atoms with Gasteiger partial charge in [-0.05, 0) is 74.0 Å². The van der Waals surface area contributed by atoms with Gasteiger partial charge in [0.05, 0.1) is 5.60 Å². The first-order valence-corrected chi connectivity index (χ1v) is 13.7. The van der Waals surface area contributed by atoms with Crippen LogP contribution in [0, 0.1) is 40.4 Å². The minimum atomic E-state index is -0.911. The monoisotopic (exact) mass is 489 g/mol. The molecule has 5 aliphatic rings. The Morgan fingerprint density at radius 2 is 1.71 bits per heavy atom. The number of esters is 2. The summed E-state index contributed by atoms with van der Waals surface area (Å²) >= 11 is 0. The lowest BCUT2D eigenvalue weighted by Gasteiger charge is -2.63. The van der Waals surface area contributed by atoms with E-state index in [1.807, 2.05) is 7.05 Å². The second-order valence-electron chi connectivity index (χ2n) is 13.0. The molecule has 1 amide bonds. The summed E-state index contributed by atoms with van der Waals surface area (Å²) in [5.74, 6) is 0.779. The SMILES string of the molecule is CC(=O)O[C@H]1CC[C@@]2(C)[C@H](CC[C@@H]3[C@@H]2CC[C@]2(C)[C@@H]([C@@H]4CC(=O)N(C)C4)[C@@H](OC(C)=O)C[C@]32O)C1. The van der Waals surface area contributed by atoms with Gasteiger partial charge in [0.2, 0.25) is 5.91 Å². The Morgan fingerprint density at radius 3 is 2.34 bits per heavy atom. The number of carbonyl (C=O) groups excluding carboxylic acids is 3. The van der Waals surface area contributed by atoms with Crippen LogP contribution in [0.4, 0.5) is 0 Å². The van der Waals surface area contributed by atoms with Crippen molar-refractivity contribution in [2.75, 3.05) is 13.6 Å². The standard InChI is InChI=1S/C28H43NO6/c1-16(30)34-20-8-10-26(3)19(13-20)6-7-22-21(26)9-11-27(4)25(18-12-24(32)29(5)15-18)23(35-17(2)31)14-28(22,27)33/h18-23,25,33H,6-15H2,1-5H3/t18-,19-,20+,21+,22-,23+,25+,26+,27-,28+/m1/s1. The molecule has 35 heavy (non-hydrogen) atoms. The Morgan fingerprint density at radius 1 is 1.00 bits per heavy atom. The molecule has 10 atom stereocenters. The maximum Gasteiger partial charge on any atom is 0.302 e. The van der Waals surface area contributed by atoms with Crippen LogP contribution in [0.1, 0.15) is 85.5 Å². The molecule has 0 unspecified atom stereocenters. The van der Waals surface area contributed by atoms with Gasteiger partial charge in [-0.1, -0.05) is 13.8 Å². The smallest absolute Gasteiger partial charge is 0.302 e. The van der Waals surface area contributed by atoms with Crippen molar-refractivity contribution in [3.05, 3.63) is 0 Å². The summed E-state index contributed by atoms with van der Waals surface area (Å²) in [6.45, 7) is 8.23. The Hall–Kier alpha value is -1.63. The molecule has 1 aliphatic heterocycles. The molecular formula is C28H43NO6. The highest BCUT2D eigenvalue weighted by molar-refractivity contribution is 5.78. The van der Waals surface area contributed by atoms with Gasteiger partial charge in [0.1, 0.15) is 12.2 Å². The van der Waals surface area contributed by atoms with Crippen LogP contribution in [0.2, 0.25) is 0 Å². The normalized spacial score (nSPS) is 49.1. The maximum atomic E-state index is 12.6. The van der Waals surface area contributed by atoms with E-state index in [1.54, 1.807) is 4.90 Å². The molecule has 0 aromatic carbocycles. The van der Waals surface area contributed by atoms with Gasteiger partial charge in [-0.15, -0.1) is 0 Å². The number of likely N-dealkylation sites (tertiary alicyclic amines) is 1. The average molecular weight is 490 g/mol. The lowest BCUT2D eigenvalue weighted by molar-refractivity contribution is -0.214. The number of aliphatic hydroxyl groups is 1. The molecule has 4 aliphatic carbocycles. The van der Waals surface area contributed by atoms with E-state index in [4.69, 9.17) is 9.47 Å². The first kappa shape index (κ1) is 25.0. The third-order valence-corrected chi connectivity index (χ3v) is 11.4. The Kier molecular flexibility index (Phi) is 6.05. The number of rotatable bonds is 3. The summed E-state index contributed by atoms with van der Waals surface area (Å²) in [5.41, 5.74) is -1.18. The van der Waals surface area contributed by atoms with Crippen molar-refractivity contribution in [1.82, 2.24) is 4.90 Å². The molecule has 0 aromatic rings. The molecule has 1 heterocycles. The Balaban J connectivity index is 1.44. The van der Waals surface area contributed by atoms with Crippen molar-refractivity contribution in [3.63, 3.8) is 0 Å². The first-order valence-electron chi connectivity index (χ1n) is 13.7. The van der Waals surface area contributed by atoms with E-state index in [9.17, 15) is 19.5 Å². The van der Waals surface area contributed by atoms with Crippen molar-refractivity contribution in [3.8, 4) is 0 Å². The van der Waals surface area contributed by atoms with Crippen LogP contribution in [-0.2, 0) is 23.9 Å². The molecule has 7 heteroatoms. The fourth-order valence-electron chi connectivity index (χ4n) is 9.87. The molecule has 1 N–H and O–H groups in total. The van der Waals surface area contributed by atoms with Crippen LogP contribution in [-0.4, -0.2) is 59.3 Å². The number of hydrogen-bond donors (Lipinski definition) is 1. The zero-order chi connectivity index (χ0) is 25.3. The van der Waals surface area contributed by atoms with Gasteiger partial charge >= 0.3 is 11.9 Å². The fraction of sp³-hybridized carbons (Fsp3) is 0.893. The maximum absolute atomic E-state index is 12.6. The summed E-state index contributed by atoms with van der Waals surface area (Å²) in [4.78, 5) is 37.9. The zero-order valence-electron chi connectivity index (χ0n) is 22.0. The lowest BCUT2D eigenvalue weighted by atomic mass is 9.43. The van der Waals surface area contributed by atoms with Crippen LogP contribution in [0.25, 0.3) is 0 Å². The fourth-order valence-corrected chi connectivity index (χ4v) is 9.87.